The Morgan fingerprint density at radius 1 is 1.53 bits per heavy atom. The van der Waals surface area contributed by atoms with Crippen LogP contribution in [-0.4, -0.2) is 40.8 Å². The highest BCUT2D eigenvalue weighted by atomic mass is 35.5. The number of carboxylic acid groups (broad SMARTS) is 1. The lowest BCUT2D eigenvalue weighted by molar-refractivity contribution is -0.384. The molecule has 2 N–H and O–H groups in total. The number of anilines is 1. The van der Waals surface area contributed by atoms with Crippen LogP contribution in [0.25, 0.3) is 0 Å². The number of non-ortho nitro benzene ring substituents is 1. The molecule has 0 aliphatic rings. The Balaban J connectivity index is 3.44. The average Bonchev–Trinajstić information content (AvgIpc) is 2.35. The van der Waals surface area contributed by atoms with E-state index in [4.69, 9.17) is 21.8 Å². The normalized spacial score (nSPS) is 10.3. The van der Waals surface area contributed by atoms with Crippen LogP contribution >= 0.6 is 11.6 Å². The Hall–Kier alpha value is -1.86. The van der Waals surface area contributed by atoms with E-state index in [1.807, 2.05) is 0 Å². The first-order valence-electron chi connectivity index (χ1n) is 5.49. The zero-order valence-electron chi connectivity index (χ0n) is 10.2. The van der Waals surface area contributed by atoms with E-state index in [1.54, 1.807) is 11.8 Å². The minimum absolute atomic E-state index is 0.0260. The van der Waals surface area contributed by atoms with Crippen LogP contribution in [0, 0.1) is 10.1 Å². The van der Waals surface area contributed by atoms with E-state index in [0.29, 0.717) is 6.54 Å². The molecule has 0 spiro atoms. The lowest BCUT2D eigenvalue weighted by Gasteiger charge is -2.24. The van der Waals surface area contributed by atoms with Crippen LogP contribution in [0.3, 0.4) is 0 Å². The first kappa shape index (κ1) is 15.2. The summed E-state index contributed by atoms with van der Waals surface area (Å²) in [6.45, 7) is 2.19. The molecule has 0 atom stereocenters. The standard InChI is InChI=1S/C11H13ClN2O5/c1-2-13(3-4-15)10-8(11(16)17)5-7(14(18)19)6-9(10)12/h5-6,15H,2-4H2,1H3,(H,16,17). The fourth-order valence-electron chi connectivity index (χ4n) is 1.72. The van der Waals surface area contributed by atoms with E-state index in [-0.39, 0.29) is 35.1 Å². The minimum Gasteiger partial charge on any atom is -0.478 e. The van der Waals surface area contributed by atoms with Gasteiger partial charge in [0, 0.05) is 25.2 Å². The maximum Gasteiger partial charge on any atom is 0.338 e. The molecule has 0 aromatic heterocycles. The van der Waals surface area contributed by atoms with Crippen LogP contribution in [0.4, 0.5) is 11.4 Å². The molecule has 19 heavy (non-hydrogen) atoms. The Bertz CT molecular complexity index is 506. The molecular weight excluding hydrogens is 276 g/mol. The van der Waals surface area contributed by atoms with Crippen molar-refractivity contribution < 1.29 is 19.9 Å². The summed E-state index contributed by atoms with van der Waals surface area (Å²) in [5.74, 6) is -1.31. The number of hydrogen-bond donors (Lipinski definition) is 2. The molecule has 0 amide bonds. The van der Waals surface area contributed by atoms with Gasteiger partial charge < -0.3 is 15.1 Å². The molecule has 1 rings (SSSR count). The number of rotatable bonds is 6. The van der Waals surface area contributed by atoms with Crippen molar-refractivity contribution in [2.45, 2.75) is 6.92 Å². The number of halogens is 1. The fourth-order valence-corrected chi connectivity index (χ4v) is 2.06. The summed E-state index contributed by atoms with van der Waals surface area (Å²) >= 11 is 5.94. The van der Waals surface area contributed by atoms with Gasteiger partial charge in [-0.2, -0.15) is 0 Å². The average molecular weight is 289 g/mol. The van der Waals surface area contributed by atoms with E-state index >= 15 is 0 Å². The van der Waals surface area contributed by atoms with Crippen molar-refractivity contribution in [1.82, 2.24) is 0 Å². The number of carboxylic acids is 1. The Morgan fingerprint density at radius 3 is 2.58 bits per heavy atom. The molecule has 1 aromatic rings. The number of nitrogens with zero attached hydrogens (tertiary/aromatic N) is 2. The quantitative estimate of drug-likeness (QED) is 0.610. The Labute approximate surface area is 114 Å². The summed E-state index contributed by atoms with van der Waals surface area (Å²) in [6, 6.07) is 2.06. The molecule has 0 unspecified atom stereocenters. The number of benzene rings is 1. The third kappa shape index (κ3) is 3.33. The van der Waals surface area contributed by atoms with Crippen molar-refractivity contribution >= 4 is 28.9 Å². The number of aliphatic hydroxyl groups is 1. The monoisotopic (exact) mass is 288 g/mol. The van der Waals surface area contributed by atoms with Gasteiger partial charge in [0.2, 0.25) is 0 Å². The number of nitro groups is 1. The summed E-state index contributed by atoms with van der Waals surface area (Å²) < 4.78 is 0. The molecule has 0 saturated carbocycles. The zero-order chi connectivity index (χ0) is 14.6. The Morgan fingerprint density at radius 2 is 2.16 bits per heavy atom. The van der Waals surface area contributed by atoms with Gasteiger partial charge in [-0.05, 0) is 6.92 Å². The maximum absolute atomic E-state index is 11.2. The topological polar surface area (TPSA) is 104 Å². The molecule has 0 bridgehead atoms. The molecule has 7 nitrogen and oxygen atoms in total. The predicted octanol–water partition coefficient (Wildman–Crippen LogP) is 1.76. The SMILES string of the molecule is CCN(CCO)c1c(Cl)cc([N+](=O)[O-])cc1C(=O)O. The van der Waals surface area contributed by atoms with Crippen LogP contribution in [0.1, 0.15) is 17.3 Å². The first-order valence-corrected chi connectivity index (χ1v) is 5.87. The largest absolute Gasteiger partial charge is 0.478 e. The number of carbonyl (C=O) groups is 1. The van der Waals surface area contributed by atoms with Gasteiger partial charge in [-0.3, -0.25) is 10.1 Å². The number of aromatic carboxylic acids is 1. The van der Waals surface area contributed by atoms with Crippen molar-refractivity contribution in [2.24, 2.45) is 0 Å². The summed E-state index contributed by atoms with van der Waals surface area (Å²) in [5, 5.41) is 28.8. The van der Waals surface area contributed by atoms with Gasteiger partial charge in [0.1, 0.15) is 0 Å². The predicted molar refractivity (Wildman–Crippen MR) is 70.0 cm³/mol. The van der Waals surface area contributed by atoms with E-state index in [0.717, 1.165) is 12.1 Å². The van der Waals surface area contributed by atoms with Crippen LogP contribution in [0.15, 0.2) is 12.1 Å². The highest BCUT2D eigenvalue weighted by Gasteiger charge is 2.23. The van der Waals surface area contributed by atoms with Crippen molar-refractivity contribution in [2.75, 3.05) is 24.6 Å². The zero-order valence-corrected chi connectivity index (χ0v) is 10.9. The van der Waals surface area contributed by atoms with Crippen LogP contribution in [0.2, 0.25) is 5.02 Å². The van der Waals surface area contributed by atoms with Crippen LogP contribution < -0.4 is 4.90 Å². The molecule has 8 heteroatoms. The molecule has 0 heterocycles. The van der Waals surface area contributed by atoms with E-state index in [9.17, 15) is 14.9 Å². The highest BCUT2D eigenvalue weighted by molar-refractivity contribution is 6.34. The summed E-state index contributed by atoms with van der Waals surface area (Å²) in [7, 11) is 0. The smallest absolute Gasteiger partial charge is 0.338 e. The molecule has 0 radical (unpaired) electrons. The lowest BCUT2D eigenvalue weighted by Crippen LogP contribution is -2.28. The molecule has 0 aliphatic heterocycles. The van der Waals surface area contributed by atoms with Gasteiger partial charge in [0.25, 0.3) is 5.69 Å². The second-order valence-corrected chi connectivity index (χ2v) is 4.10. The van der Waals surface area contributed by atoms with Gasteiger partial charge >= 0.3 is 5.97 Å². The maximum atomic E-state index is 11.2. The van der Waals surface area contributed by atoms with Gasteiger partial charge in [-0.15, -0.1) is 0 Å². The van der Waals surface area contributed by atoms with Crippen LogP contribution in [0.5, 0.6) is 0 Å². The second-order valence-electron chi connectivity index (χ2n) is 3.69. The van der Waals surface area contributed by atoms with E-state index < -0.39 is 10.9 Å². The molecule has 1 aromatic carbocycles. The molecule has 0 aliphatic carbocycles. The molecule has 0 fully saturated rings. The highest BCUT2D eigenvalue weighted by Crippen LogP contribution is 2.34. The molecule has 0 saturated heterocycles. The summed E-state index contributed by atoms with van der Waals surface area (Å²) in [5.41, 5.74) is -0.461. The number of likely N-dealkylation sites (N-methyl/N-ethyl adjacent to an activating group) is 1. The second kappa shape index (κ2) is 6.35. The number of hydrogen-bond acceptors (Lipinski definition) is 5. The minimum atomic E-state index is -1.31. The third-order valence-electron chi connectivity index (χ3n) is 2.56. The van der Waals surface area contributed by atoms with Crippen molar-refractivity contribution in [3.05, 3.63) is 32.8 Å². The van der Waals surface area contributed by atoms with Crippen LogP contribution in [-0.2, 0) is 0 Å². The van der Waals surface area contributed by atoms with E-state index in [2.05, 4.69) is 0 Å². The van der Waals surface area contributed by atoms with Gasteiger partial charge in [-0.1, -0.05) is 11.6 Å². The first-order chi connectivity index (χ1) is 8.92. The summed E-state index contributed by atoms with van der Waals surface area (Å²) in [6.07, 6.45) is 0. The van der Waals surface area contributed by atoms with Crippen molar-refractivity contribution in [3.63, 3.8) is 0 Å². The molecule has 104 valence electrons. The lowest BCUT2D eigenvalue weighted by atomic mass is 10.1. The Kier molecular flexibility index (Phi) is 5.08. The van der Waals surface area contributed by atoms with Crippen molar-refractivity contribution in [1.29, 1.82) is 0 Å². The number of aliphatic hydroxyl groups excluding tert-OH is 1. The van der Waals surface area contributed by atoms with Crippen molar-refractivity contribution in [3.8, 4) is 0 Å². The fraction of sp³-hybridized carbons (Fsp3) is 0.364. The summed E-state index contributed by atoms with van der Waals surface area (Å²) in [4.78, 5) is 22.8. The number of nitro benzene ring substituents is 1. The van der Waals surface area contributed by atoms with Gasteiger partial charge in [0.05, 0.1) is 27.8 Å². The van der Waals surface area contributed by atoms with E-state index in [1.165, 1.54) is 0 Å². The third-order valence-corrected chi connectivity index (χ3v) is 2.85. The van der Waals surface area contributed by atoms with Gasteiger partial charge in [-0.25, -0.2) is 4.79 Å². The van der Waals surface area contributed by atoms with Gasteiger partial charge in [0.15, 0.2) is 0 Å². The molecular formula is C11H13ClN2O5.